The first-order valence-corrected chi connectivity index (χ1v) is 13.5. The predicted octanol–water partition coefficient (Wildman–Crippen LogP) is 0.367. The Kier molecular flexibility index (Phi) is 11.4. The highest BCUT2D eigenvalue weighted by Gasteiger charge is 2.33. The first-order chi connectivity index (χ1) is 17.5. The molecular formula is C25H37N5O6S. The fourth-order valence-electron chi connectivity index (χ4n) is 3.80. The number of thioether (sulfide) groups is 1. The number of carboxylic acid groups (broad SMARTS) is 1. The van der Waals surface area contributed by atoms with Gasteiger partial charge in [-0.2, -0.15) is 11.8 Å². The molecule has 0 aliphatic rings. The van der Waals surface area contributed by atoms with Crippen LogP contribution in [0, 0.1) is 5.92 Å². The Balaban J connectivity index is 2.28. The third kappa shape index (κ3) is 8.48. The molecule has 0 aliphatic heterocycles. The van der Waals surface area contributed by atoms with E-state index in [2.05, 4.69) is 20.9 Å². The van der Waals surface area contributed by atoms with Gasteiger partial charge in [0.25, 0.3) is 0 Å². The van der Waals surface area contributed by atoms with Crippen molar-refractivity contribution in [3.63, 3.8) is 0 Å². The second-order valence-corrected chi connectivity index (χ2v) is 10.3. The lowest BCUT2D eigenvalue weighted by Gasteiger charge is -2.27. The smallest absolute Gasteiger partial charge is 0.328 e. The molecule has 0 saturated carbocycles. The highest BCUT2D eigenvalue weighted by Crippen LogP contribution is 2.19. The summed E-state index contributed by atoms with van der Waals surface area (Å²) in [4.78, 5) is 53.7. The van der Waals surface area contributed by atoms with Gasteiger partial charge in [0.15, 0.2) is 6.04 Å². The number of hydrogen-bond acceptors (Lipinski definition) is 7. The first kappa shape index (κ1) is 30.1. The van der Waals surface area contributed by atoms with Gasteiger partial charge in [-0.15, -0.1) is 0 Å². The number of nitrogens with one attached hydrogen (secondary N) is 4. The molecule has 0 saturated heterocycles. The summed E-state index contributed by atoms with van der Waals surface area (Å²) >= 11 is 1.55. The van der Waals surface area contributed by atoms with Crippen molar-refractivity contribution in [2.24, 2.45) is 11.7 Å². The molecule has 204 valence electrons. The van der Waals surface area contributed by atoms with E-state index in [0.717, 1.165) is 16.5 Å². The largest absolute Gasteiger partial charge is 0.480 e. The number of aliphatic carboxylic acids is 1. The number of aliphatic hydroxyl groups excluding tert-OH is 1. The third-order valence-corrected chi connectivity index (χ3v) is 6.64. The molecule has 37 heavy (non-hydrogen) atoms. The topological polar surface area (TPSA) is 187 Å². The lowest BCUT2D eigenvalue weighted by molar-refractivity contribution is -0.145. The number of nitrogens with two attached hydrogens (primary N) is 1. The summed E-state index contributed by atoms with van der Waals surface area (Å²) < 4.78 is 0. The summed E-state index contributed by atoms with van der Waals surface area (Å²) in [6.07, 6.45) is 2.89. The summed E-state index contributed by atoms with van der Waals surface area (Å²) in [5, 5.41) is 27.6. The van der Waals surface area contributed by atoms with Gasteiger partial charge in [-0.25, -0.2) is 4.79 Å². The Morgan fingerprint density at radius 1 is 1.00 bits per heavy atom. The number of amides is 3. The lowest BCUT2D eigenvalue weighted by Crippen LogP contribution is -2.60. The summed E-state index contributed by atoms with van der Waals surface area (Å²) in [6.45, 7) is 4.62. The lowest BCUT2D eigenvalue weighted by atomic mass is 9.99. The molecule has 12 heteroatoms. The van der Waals surface area contributed by atoms with E-state index in [1.54, 1.807) is 31.8 Å². The Labute approximate surface area is 220 Å². The van der Waals surface area contributed by atoms with Gasteiger partial charge in [0.05, 0.1) is 12.1 Å². The molecule has 1 aromatic heterocycles. The maximum Gasteiger partial charge on any atom is 0.328 e. The van der Waals surface area contributed by atoms with E-state index in [1.165, 1.54) is 6.92 Å². The van der Waals surface area contributed by atoms with E-state index in [1.807, 2.05) is 30.5 Å². The van der Waals surface area contributed by atoms with Crippen LogP contribution in [0.4, 0.5) is 0 Å². The van der Waals surface area contributed by atoms with E-state index >= 15 is 0 Å². The molecule has 0 fully saturated rings. The SMILES string of the molecule is CSCCC(N)C(=O)NC(Cc1c[nH]c2ccccc12)C(=O)NC(C(=O)NC(C(=O)O)C(C)O)C(C)C. The fraction of sp³-hybridized carbons (Fsp3) is 0.520. The number of hydrogen-bond donors (Lipinski definition) is 7. The monoisotopic (exact) mass is 535 g/mol. The Morgan fingerprint density at radius 3 is 2.24 bits per heavy atom. The molecule has 3 amide bonds. The maximum atomic E-state index is 13.4. The molecule has 0 bridgehead atoms. The number of aromatic amines is 1. The number of fused-ring (bicyclic) bond motifs is 1. The number of aromatic nitrogens is 1. The van der Waals surface area contributed by atoms with Crippen LogP contribution < -0.4 is 21.7 Å². The van der Waals surface area contributed by atoms with E-state index in [9.17, 15) is 29.4 Å². The molecule has 8 N–H and O–H groups in total. The average molecular weight is 536 g/mol. The molecule has 0 radical (unpaired) electrons. The molecule has 1 heterocycles. The van der Waals surface area contributed by atoms with E-state index in [0.29, 0.717) is 12.2 Å². The molecule has 2 rings (SSSR count). The van der Waals surface area contributed by atoms with Crippen LogP contribution in [0.25, 0.3) is 10.9 Å². The van der Waals surface area contributed by atoms with Crippen molar-refractivity contribution in [2.75, 3.05) is 12.0 Å². The fourth-order valence-corrected chi connectivity index (χ4v) is 4.29. The summed E-state index contributed by atoms with van der Waals surface area (Å²) in [7, 11) is 0. The van der Waals surface area contributed by atoms with Gasteiger partial charge >= 0.3 is 5.97 Å². The number of carboxylic acids is 1. The van der Waals surface area contributed by atoms with Crippen LogP contribution in [0.1, 0.15) is 32.8 Å². The van der Waals surface area contributed by atoms with Crippen LogP contribution >= 0.6 is 11.8 Å². The zero-order valence-corrected chi connectivity index (χ0v) is 22.3. The Morgan fingerprint density at radius 2 is 1.65 bits per heavy atom. The number of para-hydroxylation sites is 1. The minimum Gasteiger partial charge on any atom is -0.480 e. The Hall–Kier alpha value is -3.09. The minimum atomic E-state index is -1.54. The normalized spacial score (nSPS) is 15.4. The molecule has 11 nitrogen and oxygen atoms in total. The van der Waals surface area contributed by atoms with E-state index in [-0.39, 0.29) is 6.42 Å². The van der Waals surface area contributed by atoms with Gasteiger partial charge in [-0.3, -0.25) is 14.4 Å². The van der Waals surface area contributed by atoms with Crippen molar-refractivity contribution in [3.05, 3.63) is 36.0 Å². The van der Waals surface area contributed by atoms with Crippen molar-refractivity contribution in [2.45, 2.75) is 63.9 Å². The van der Waals surface area contributed by atoms with Crippen molar-refractivity contribution in [1.82, 2.24) is 20.9 Å². The second kappa shape index (κ2) is 14.0. The standard InChI is InChI=1S/C25H37N5O6S/c1-13(2)20(24(34)30-21(14(3)31)25(35)36)29-23(33)19(28-22(32)17(26)9-10-37-4)11-15-12-27-18-8-6-5-7-16(15)18/h5-8,12-14,17,19-21,27,31H,9-11,26H2,1-4H3,(H,28,32)(H,29,33)(H,30,34)(H,35,36). The molecule has 1 aromatic carbocycles. The van der Waals surface area contributed by atoms with Gasteiger partial charge in [0.2, 0.25) is 17.7 Å². The van der Waals surface area contributed by atoms with Crippen LogP contribution in [0.3, 0.4) is 0 Å². The average Bonchev–Trinajstić information content (AvgIpc) is 3.25. The second-order valence-electron chi connectivity index (χ2n) is 9.31. The molecule has 2 aromatic rings. The summed E-state index contributed by atoms with van der Waals surface area (Å²) in [6, 6.07) is 3.03. The number of aliphatic hydroxyl groups is 1. The van der Waals surface area contributed by atoms with E-state index in [4.69, 9.17) is 5.73 Å². The van der Waals surface area contributed by atoms with Gasteiger partial charge in [0.1, 0.15) is 12.1 Å². The number of rotatable bonds is 14. The first-order valence-electron chi connectivity index (χ1n) is 12.1. The number of carbonyl (C=O) groups is 4. The number of carbonyl (C=O) groups excluding carboxylic acids is 3. The number of H-pyrrole nitrogens is 1. The van der Waals surface area contributed by atoms with Gasteiger partial charge in [0, 0.05) is 23.5 Å². The van der Waals surface area contributed by atoms with Crippen LogP contribution in [-0.4, -0.2) is 81.2 Å². The van der Waals surface area contributed by atoms with Gasteiger partial charge in [-0.05, 0) is 42.9 Å². The van der Waals surface area contributed by atoms with Crippen molar-refractivity contribution >= 4 is 46.4 Å². The highest BCUT2D eigenvalue weighted by molar-refractivity contribution is 7.98. The van der Waals surface area contributed by atoms with Crippen LogP contribution in [-0.2, 0) is 25.6 Å². The van der Waals surface area contributed by atoms with Crippen LogP contribution in [0.5, 0.6) is 0 Å². The maximum absolute atomic E-state index is 13.4. The minimum absolute atomic E-state index is 0.134. The van der Waals surface area contributed by atoms with Crippen LogP contribution in [0.2, 0.25) is 0 Å². The summed E-state index contributed by atoms with van der Waals surface area (Å²) in [5.74, 6) is -3.00. The van der Waals surface area contributed by atoms with Crippen molar-refractivity contribution in [1.29, 1.82) is 0 Å². The zero-order valence-electron chi connectivity index (χ0n) is 21.5. The molecule has 5 atom stereocenters. The highest BCUT2D eigenvalue weighted by atomic mass is 32.2. The van der Waals surface area contributed by atoms with E-state index < -0.39 is 59.9 Å². The van der Waals surface area contributed by atoms with Gasteiger partial charge < -0.3 is 36.9 Å². The van der Waals surface area contributed by atoms with Gasteiger partial charge in [-0.1, -0.05) is 32.0 Å². The molecule has 0 aliphatic carbocycles. The molecule has 0 spiro atoms. The zero-order chi connectivity index (χ0) is 27.7. The quantitative estimate of drug-likeness (QED) is 0.181. The van der Waals surface area contributed by atoms with Crippen molar-refractivity contribution in [3.8, 4) is 0 Å². The predicted molar refractivity (Wildman–Crippen MR) is 143 cm³/mol. The number of benzene rings is 1. The van der Waals surface area contributed by atoms with Crippen LogP contribution in [0.15, 0.2) is 30.5 Å². The third-order valence-electron chi connectivity index (χ3n) is 5.99. The summed E-state index contributed by atoms with van der Waals surface area (Å²) in [5.41, 5.74) is 7.68. The molecule has 5 unspecified atom stereocenters. The molecular weight excluding hydrogens is 498 g/mol. The van der Waals surface area contributed by atoms with Crippen molar-refractivity contribution < 1.29 is 29.4 Å². The Bertz CT molecular complexity index is 1090.